The van der Waals surface area contributed by atoms with E-state index in [0.29, 0.717) is 5.56 Å². The van der Waals surface area contributed by atoms with E-state index in [1.165, 1.54) is 24.3 Å². The van der Waals surface area contributed by atoms with Crippen LogP contribution in [0.25, 0.3) is 22.3 Å². The van der Waals surface area contributed by atoms with Crippen molar-refractivity contribution in [2.75, 3.05) is 13.2 Å². The van der Waals surface area contributed by atoms with Crippen LogP contribution in [0.3, 0.4) is 0 Å². The van der Waals surface area contributed by atoms with E-state index in [1.54, 1.807) is 0 Å². The normalized spacial score (nSPS) is 33.0. The molecule has 2 fully saturated rings. The van der Waals surface area contributed by atoms with Gasteiger partial charge < -0.3 is 69.7 Å². The summed E-state index contributed by atoms with van der Waals surface area (Å²) >= 11 is 0. The number of phenols is 3. The maximum Gasteiger partial charge on any atom is 0.229 e. The van der Waals surface area contributed by atoms with Crippen LogP contribution < -0.4 is 10.2 Å². The molecule has 0 amide bonds. The number of phenolic OH excluding ortho intramolecular Hbond substituents is 3. The summed E-state index contributed by atoms with van der Waals surface area (Å²) in [4.78, 5) is 12.8. The molecule has 0 spiro atoms. The summed E-state index contributed by atoms with van der Waals surface area (Å²) in [7, 11) is 0. The number of hydrogen-bond donors (Lipinski definition) is 10. The Bertz CT molecular complexity index is 1490. The van der Waals surface area contributed by atoms with Crippen LogP contribution in [0.4, 0.5) is 0 Å². The molecule has 3 aromatic rings. The molecular weight excluding hydrogens is 576 g/mol. The third kappa shape index (κ3) is 5.74. The second-order valence-corrected chi connectivity index (χ2v) is 10.6. The molecule has 1 saturated heterocycles. The van der Waals surface area contributed by atoms with Crippen LogP contribution in [0, 0.1) is 5.92 Å². The lowest BCUT2D eigenvalue weighted by Gasteiger charge is -2.46. The molecule has 1 aromatic heterocycles. The Balaban J connectivity index is 1.51. The lowest BCUT2D eigenvalue weighted by molar-refractivity contribution is -0.308. The molecule has 0 radical (unpaired) electrons. The van der Waals surface area contributed by atoms with Gasteiger partial charge in [0.15, 0.2) is 16.9 Å². The third-order valence-corrected chi connectivity index (χ3v) is 7.82. The van der Waals surface area contributed by atoms with E-state index in [2.05, 4.69) is 0 Å². The lowest BCUT2D eigenvalue weighted by Crippen LogP contribution is -2.63. The maximum absolute atomic E-state index is 12.8. The zero-order valence-corrected chi connectivity index (χ0v) is 22.4. The van der Waals surface area contributed by atoms with E-state index < -0.39 is 96.9 Å². The minimum absolute atomic E-state index is 0.0267. The van der Waals surface area contributed by atoms with Crippen molar-refractivity contribution in [1.82, 2.24) is 0 Å². The Morgan fingerprint density at radius 3 is 2.16 bits per heavy atom. The molecule has 234 valence electrons. The molecule has 0 bridgehead atoms. The molecule has 15 heteroatoms. The highest BCUT2D eigenvalue weighted by Gasteiger charge is 2.51. The van der Waals surface area contributed by atoms with Crippen molar-refractivity contribution in [1.29, 1.82) is 0 Å². The number of fused-ring (bicyclic) bond motifs is 1. The molecule has 10 atom stereocenters. The fourth-order valence-electron chi connectivity index (χ4n) is 5.35. The Morgan fingerprint density at radius 1 is 0.814 bits per heavy atom. The molecule has 10 N–H and O–H groups in total. The van der Waals surface area contributed by atoms with Gasteiger partial charge in [-0.25, -0.2) is 0 Å². The molecule has 1 aliphatic heterocycles. The number of aliphatic hydroxyl groups is 7. The third-order valence-electron chi connectivity index (χ3n) is 7.82. The van der Waals surface area contributed by atoms with Crippen molar-refractivity contribution >= 4 is 11.0 Å². The Morgan fingerprint density at radius 2 is 1.51 bits per heavy atom. The number of aromatic hydroxyl groups is 3. The van der Waals surface area contributed by atoms with E-state index in [-0.39, 0.29) is 28.9 Å². The van der Waals surface area contributed by atoms with Crippen LogP contribution in [0.15, 0.2) is 45.6 Å². The summed E-state index contributed by atoms with van der Waals surface area (Å²) in [5.41, 5.74) is -0.555. The number of rotatable bonds is 7. The number of hydrogen-bond acceptors (Lipinski definition) is 15. The molecule has 1 aliphatic carbocycles. The highest BCUT2D eigenvalue weighted by atomic mass is 16.7. The predicted octanol–water partition coefficient (Wildman–Crippen LogP) is -1.76. The largest absolute Gasteiger partial charge is 0.508 e. The number of ether oxygens (including phenoxy) is 3. The van der Waals surface area contributed by atoms with Gasteiger partial charge in [-0.15, -0.1) is 0 Å². The predicted molar refractivity (Wildman–Crippen MR) is 143 cm³/mol. The van der Waals surface area contributed by atoms with Gasteiger partial charge in [-0.2, -0.15) is 0 Å². The second-order valence-electron chi connectivity index (χ2n) is 10.6. The average Bonchev–Trinajstić information content (AvgIpc) is 2.99. The first-order valence-electron chi connectivity index (χ1n) is 13.4. The monoisotopic (exact) mass is 608 g/mol. The van der Waals surface area contributed by atoms with Gasteiger partial charge in [-0.05, 0) is 30.7 Å². The van der Waals surface area contributed by atoms with Gasteiger partial charge in [-0.3, -0.25) is 4.79 Å². The van der Waals surface area contributed by atoms with Crippen LogP contribution in [0.2, 0.25) is 0 Å². The molecule has 43 heavy (non-hydrogen) atoms. The molecule has 15 nitrogen and oxygen atoms in total. The molecular formula is C28H32O15. The smallest absolute Gasteiger partial charge is 0.229 e. The quantitative estimate of drug-likeness (QED) is 0.133. The summed E-state index contributed by atoms with van der Waals surface area (Å²) in [5, 5.41) is 102. The summed E-state index contributed by atoms with van der Waals surface area (Å²) in [6.07, 6.45) is -14.7. The highest BCUT2D eigenvalue weighted by molar-refractivity contribution is 5.89. The first-order chi connectivity index (χ1) is 20.4. The Labute approximate surface area is 242 Å². The maximum atomic E-state index is 12.8. The first kappa shape index (κ1) is 30.9. The zero-order valence-electron chi connectivity index (χ0n) is 22.4. The molecule has 5 rings (SSSR count). The fraction of sp³-hybridized carbons (Fsp3) is 0.464. The second kappa shape index (κ2) is 12.2. The van der Waals surface area contributed by atoms with Gasteiger partial charge in [0.1, 0.15) is 59.1 Å². The van der Waals surface area contributed by atoms with Gasteiger partial charge in [0.05, 0.1) is 18.8 Å². The van der Waals surface area contributed by atoms with Crippen molar-refractivity contribution in [2.45, 2.75) is 61.5 Å². The average molecular weight is 609 g/mol. The summed E-state index contributed by atoms with van der Waals surface area (Å²) in [5.74, 6) is -3.24. The van der Waals surface area contributed by atoms with Crippen molar-refractivity contribution in [3.8, 4) is 34.3 Å². The SMILES string of the molecule is O=c1cc(-c2ccc(O)cc2)oc2cc(O[C@@H]3O[C@H](CO)[C@@H](O)[C@H](O)[C@H]3O[C@@H]3C[C@H](CO)[C@@H](O)[C@H](O)[C@@H]3O)c(O)c(O)c12. The van der Waals surface area contributed by atoms with E-state index in [0.717, 1.165) is 12.1 Å². The van der Waals surface area contributed by atoms with E-state index in [4.69, 9.17) is 18.6 Å². The van der Waals surface area contributed by atoms with E-state index in [9.17, 15) is 55.9 Å². The summed E-state index contributed by atoms with van der Waals surface area (Å²) in [6, 6.07) is 7.82. The van der Waals surface area contributed by atoms with E-state index >= 15 is 0 Å². The van der Waals surface area contributed by atoms with Gasteiger partial charge in [0.2, 0.25) is 12.0 Å². The summed E-state index contributed by atoms with van der Waals surface area (Å²) in [6.45, 7) is -1.35. The first-order valence-corrected chi connectivity index (χ1v) is 13.4. The zero-order chi connectivity index (χ0) is 31.2. The minimum atomic E-state index is -1.82. The van der Waals surface area contributed by atoms with Crippen LogP contribution in [0.1, 0.15) is 6.42 Å². The topological polar surface area (TPSA) is 260 Å². The minimum Gasteiger partial charge on any atom is -0.508 e. The molecule has 1 saturated carbocycles. The van der Waals surface area contributed by atoms with Gasteiger partial charge in [-0.1, -0.05) is 0 Å². The summed E-state index contributed by atoms with van der Waals surface area (Å²) < 4.78 is 22.9. The molecule has 2 aliphatic rings. The Kier molecular flexibility index (Phi) is 8.80. The van der Waals surface area contributed by atoms with Gasteiger partial charge in [0, 0.05) is 30.2 Å². The van der Waals surface area contributed by atoms with Crippen LogP contribution in [-0.4, -0.2) is 119 Å². The molecule has 2 aromatic carbocycles. The fourth-order valence-corrected chi connectivity index (χ4v) is 5.35. The Hall–Kier alpha value is -3.51. The van der Waals surface area contributed by atoms with Gasteiger partial charge in [0.25, 0.3) is 0 Å². The van der Waals surface area contributed by atoms with Crippen LogP contribution in [-0.2, 0) is 9.47 Å². The number of benzene rings is 2. The lowest BCUT2D eigenvalue weighted by atomic mass is 9.81. The standard InChI is InChI=1S/C28H32O15/c29-8-11-5-16(22(35)25(38)20(11)33)41-27-26(39)23(36)18(9-30)43-28(27)42-17-7-15-19(24(37)21(17)34)13(32)6-14(40-15)10-1-3-12(31)4-2-10/h1-4,6-7,11,16,18,20,22-23,25-31,33-39H,5,8-9H2/t11-,16-,18-,20-,22-,23-,25+,26+,27-,28-/m1/s1. The van der Waals surface area contributed by atoms with Gasteiger partial charge >= 0.3 is 0 Å². The van der Waals surface area contributed by atoms with Crippen molar-refractivity contribution in [2.24, 2.45) is 5.92 Å². The van der Waals surface area contributed by atoms with Crippen molar-refractivity contribution in [3.05, 3.63) is 46.6 Å². The van der Waals surface area contributed by atoms with E-state index in [1.807, 2.05) is 0 Å². The van der Waals surface area contributed by atoms with Crippen molar-refractivity contribution < 1.29 is 69.7 Å². The number of aliphatic hydroxyl groups excluding tert-OH is 7. The van der Waals surface area contributed by atoms with Crippen molar-refractivity contribution in [3.63, 3.8) is 0 Å². The van der Waals surface area contributed by atoms with Crippen LogP contribution in [0.5, 0.6) is 23.0 Å². The van der Waals surface area contributed by atoms with Crippen LogP contribution >= 0.6 is 0 Å². The molecule has 2 heterocycles. The molecule has 0 unspecified atom stereocenters. The highest BCUT2D eigenvalue weighted by Crippen LogP contribution is 2.43.